The molecule has 6 nitrogen and oxygen atoms in total. The lowest BCUT2D eigenvalue weighted by Crippen LogP contribution is -2.39. The van der Waals surface area contributed by atoms with Gasteiger partial charge in [0.2, 0.25) is 0 Å². The average Bonchev–Trinajstić information content (AvgIpc) is 3.14. The van der Waals surface area contributed by atoms with Crippen LogP contribution in [0.5, 0.6) is 0 Å². The van der Waals surface area contributed by atoms with Crippen LogP contribution in [0, 0.1) is 5.82 Å². The maximum Gasteiger partial charge on any atom is 0.190 e. The standard InChI is InChI=1S/C23H23FN6/c24-19-6-4-16(5-7-19)17-13-22-23(27-25)30(26)21-9-8-20(28-10-2-1-3-11-28)12-18(21)15-29(22)14-17/h1-2,4-9,12-14H,3,10-11,15,25-26H2/b27-23-. The van der Waals surface area contributed by atoms with E-state index in [9.17, 15) is 4.39 Å². The van der Waals surface area contributed by atoms with Crippen molar-refractivity contribution in [2.75, 3.05) is 23.0 Å². The molecule has 0 fully saturated rings. The number of hydrogen-bond donors (Lipinski definition) is 2. The van der Waals surface area contributed by atoms with Crippen molar-refractivity contribution in [1.82, 2.24) is 4.57 Å². The molecule has 7 heteroatoms. The zero-order valence-corrected chi connectivity index (χ0v) is 16.5. The van der Waals surface area contributed by atoms with Gasteiger partial charge in [0.25, 0.3) is 0 Å². The first kappa shape index (κ1) is 18.4. The summed E-state index contributed by atoms with van der Waals surface area (Å²) >= 11 is 0. The summed E-state index contributed by atoms with van der Waals surface area (Å²) in [5, 5.41) is 5.52. The Morgan fingerprint density at radius 1 is 0.967 bits per heavy atom. The van der Waals surface area contributed by atoms with Crippen LogP contribution in [-0.4, -0.2) is 23.5 Å². The minimum Gasteiger partial charge on any atom is -0.367 e. The first-order valence-corrected chi connectivity index (χ1v) is 9.96. The summed E-state index contributed by atoms with van der Waals surface area (Å²) < 4.78 is 15.4. The lowest BCUT2D eigenvalue weighted by Gasteiger charge is -2.27. The maximum absolute atomic E-state index is 13.3. The van der Waals surface area contributed by atoms with Gasteiger partial charge < -0.3 is 15.3 Å². The van der Waals surface area contributed by atoms with Crippen LogP contribution in [0.4, 0.5) is 15.8 Å². The quantitative estimate of drug-likeness (QED) is 0.391. The second kappa shape index (κ2) is 7.35. The zero-order chi connectivity index (χ0) is 20.7. The maximum atomic E-state index is 13.3. The van der Waals surface area contributed by atoms with Crippen molar-refractivity contribution in [2.45, 2.75) is 13.0 Å². The number of amidine groups is 1. The van der Waals surface area contributed by atoms with E-state index in [1.54, 1.807) is 17.1 Å². The highest BCUT2D eigenvalue weighted by Crippen LogP contribution is 2.33. The first-order chi connectivity index (χ1) is 14.6. The summed E-state index contributed by atoms with van der Waals surface area (Å²) in [4.78, 5) is 2.35. The fraction of sp³-hybridized carbons (Fsp3) is 0.174. The number of nitrogens with two attached hydrogens (primary N) is 2. The van der Waals surface area contributed by atoms with Gasteiger partial charge in [0, 0.05) is 37.1 Å². The predicted molar refractivity (Wildman–Crippen MR) is 119 cm³/mol. The number of halogens is 1. The molecular weight excluding hydrogens is 379 g/mol. The van der Waals surface area contributed by atoms with Gasteiger partial charge in [-0.15, -0.1) is 0 Å². The van der Waals surface area contributed by atoms with Gasteiger partial charge in [-0.3, -0.25) is 5.01 Å². The first-order valence-electron chi connectivity index (χ1n) is 9.96. The molecule has 5 rings (SSSR count). The molecule has 3 heterocycles. The van der Waals surface area contributed by atoms with Crippen molar-refractivity contribution in [3.63, 3.8) is 0 Å². The molecule has 4 N–H and O–H groups in total. The van der Waals surface area contributed by atoms with Crippen LogP contribution in [0.1, 0.15) is 17.7 Å². The Labute approximate surface area is 174 Å². The monoisotopic (exact) mass is 402 g/mol. The molecule has 152 valence electrons. The molecule has 0 unspecified atom stereocenters. The summed E-state index contributed by atoms with van der Waals surface area (Å²) in [6, 6.07) is 14.7. The Balaban J connectivity index is 1.58. The van der Waals surface area contributed by atoms with E-state index in [0.29, 0.717) is 12.4 Å². The van der Waals surface area contributed by atoms with Gasteiger partial charge in [0.15, 0.2) is 5.84 Å². The molecule has 0 bridgehead atoms. The minimum atomic E-state index is -0.258. The molecule has 0 amide bonds. The number of rotatable bonds is 2. The normalized spacial score (nSPS) is 17.1. The second-order valence-electron chi connectivity index (χ2n) is 7.59. The molecule has 0 atom stereocenters. The fourth-order valence-corrected chi connectivity index (χ4v) is 4.18. The Morgan fingerprint density at radius 3 is 2.53 bits per heavy atom. The summed E-state index contributed by atoms with van der Waals surface area (Å²) in [5.74, 6) is 12.4. The molecule has 0 saturated heterocycles. The van der Waals surface area contributed by atoms with E-state index in [1.807, 2.05) is 18.3 Å². The van der Waals surface area contributed by atoms with Crippen LogP contribution in [0.15, 0.2) is 72.0 Å². The molecule has 0 radical (unpaired) electrons. The molecule has 2 aliphatic heterocycles. The van der Waals surface area contributed by atoms with Crippen molar-refractivity contribution >= 4 is 17.2 Å². The van der Waals surface area contributed by atoms with E-state index in [-0.39, 0.29) is 5.82 Å². The Hall–Kier alpha value is -3.58. The summed E-state index contributed by atoms with van der Waals surface area (Å²) in [6.45, 7) is 2.54. The van der Waals surface area contributed by atoms with Crippen molar-refractivity contribution in [1.29, 1.82) is 0 Å². The third kappa shape index (κ3) is 3.13. The van der Waals surface area contributed by atoms with Crippen LogP contribution in [-0.2, 0) is 6.54 Å². The number of hydrazone groups is 1. The largest absolute Gasteiger partial charge is 0.367 e. The molecule has 30 heavy (non-hydrogen) atoms. The highest BCUT2D eigenvalue weighted by atomic mass is 19.1. The number of anilines is 2. The molecule has 2 aliphatic rings. The van der Waals surface area contributed by atoms with Crippen LogP contribution in [0.25, 0.3) is 11.1 Å². The lowest BCUT2D eigenvalue weighted by atomic mass is 10.1. The van der Waals surface area contributed by atoms with Crippen LogP contribution < -0.4 is 21.6 Å². The van der Waals surface area contributed by atoms with Gasteiger partial charge in [-0.05, 0) is 53.9 Å². The van der Waals surface area contributed by atoms with Gasteiger partial charge in [-0.1, -0.05) is 24.3 Å². The molecule has 2 aromatic carbocycles. The number of benzene rings is 2. The van der Waals surface area contributed by atoms with Crippen molar-refractivity contribution < 1.29 is 4.39 Å². The van der Waals surface area contributed by atoms with Crippen molar-refractivity contribution in [3.8, 4) is 11.1 Å². The average molecular weight is 402 g/mol. The molecule has 1 aromatic heterocycles. The molecule has 0 spiro atoms. The van der Waals surface area contributed by atoms with E-state index in [1.165, 1.54) is 17.8 Å². The van der Waals surface area contributed by atoms with Gasteiger partial charge in [0.05, 0.1) is 11.4 Å². The SMILES string of the molecule is N/N=C1/c2cc(-c3ccc(F)cc3)cn2Cc2cc(N3CC=CCC3)ccc2N1N. The van der Waals surface area contributed by atoms with Gasteiger partial charge in [0.1, 0.15) is 5.82 Å². The molecule has 0 aliphatic carbocycles. The highest BCUT2D eigenvalue weighted by molar-refractivity contribution is 6.09. The molecular formula is C23H23FN6. The lowest BCUT2D eigenvalue weighted by molar-refractivity contribution is 0.628. The smallest absolute Gasteiger partial charge is 0.190 e. The van der Waals surface area contributed by atoms with E-state index in [2.05, 4.69) is 38.9 Å². The fourth-order valence-electron chi connectivity index (χ4n) is 4.18. The van der Waals surface area contributed by atoms with Crippen LogP contribution >= 0.6 is 0 Å². The van der Waals surface area contributed by atoms with Gasteiger partial charge in [-0.2, -0.15) is 5.10 Å². The molecule has 3 aromatic rings. The third-order valence-corrected chi connectivity index (χ3v) is 5.74. The summed E-state index contributed by atoms with van der Waals surface area (Å²) in [7, 11) is 0. The van der Waals surface area contributed by atoms with E-state index in [0.717, 1.165) is 47.6 Å². The molecule has 0 saturated carbocycles. The van der Waals surface area contributed by atoms with Gasteiger partial charge >= 0.3 is 0 Å². The Morgan fingerprint density at radius 2 is 1.80 bits per heavy atom. The number of nitrogens with zero attached hydrogens (tertiary/aromatic N) is 4. The predicted octanol–water partition coefficient (Wildman–Crippen LogP) is 3.42. The zero-order valence-electron chi connectivity index (χ0n) is 16.5. The van der Waals surface area contributed by atoms with Crippen molar-refractivity contribution in [2.24, 2.45) is 16.8 Å². The summed E-state index contributed by atoms with van der Waals surface area (Å²) in [6.07, 6.45) is 7.50. The Bertz CT molecular complexity index is 1150. The number of aromatic nitrogens is 1. The van der Waals surface area contributed by atoms with Crippen molar-refractivity contribution in [3.05, 3.63) is 84.0 Å². The Kier molecular flexibility index (Phi) is 4.52. The van der Waals surface area contributed by atoms with E-state index >= 15 is 0 Å². The number of hydrazine groups is 1. The highest BCUT2D eigenvalue weighted by Gasteiger charge is 2.25. The number of fused-ring (bicyclic) bond motifs is 2. The second-order valence-corrected chi connectivity index (χ2v) is 7.59. The van der Waals surface area contributed by atoms with E-state index < -0.39 is 0 Å². The number of hydrogen-bond acceptors (Lipinski definition) is 4. The third-order valence-electron chi connectivity index (χ3n) is 5.74. The van der Waals surface area contributed by atoms with Crippen LogP contribution in [0.3, 0.4) is 0 Å². The van der Waals surface area contributed by atoms with Crippen LogP contribution in [0.2, 0.25) is 0 Å². The van der Waals surface area contributed by atoms with Gasteiger partial charge in [-0.25, -0.2) is 10.2 Å². The summed E-state index contributed by atoms with van der Waals surface area (Å²) in [5.41, 5.74) is 5.84. The van der Waals surface area contributed by atoms with E-state index in [4.69, 9.17) is 11.7 Å². The topological polar surface area (TPSA) is 75.8 Å². The minimum absolute atomic E-state index is 0.258.